The first kappa shape index (κ1) is 13.6. The molecule has 2 N–H and O–H groups in total. The molecule has 1 saturated heterocycles. The molecule has 1 aromatic heterocycles. The third-order valence-corrected chi connectivity index (χ3v) is 2.94. The predicted molar refractivity (Wildman–Crippen MR) is 71.1 cm³/mol. The zero-order chi connectivity index (χ0) is 13.7. The Kier molecular flexibility index (Phi) is 4.55. The van der Waals surface area contributed by atoms with Gasteiger partial charge in [0.15, 0.2) is 5.82 Å². The Morgan fingerprint density at radius 2 is 2.42 bits per heavy atom. The molecule has 1 aliphatic heterocycles. The van der Waals surface area contributed by atoms with Crippen molar-refractivity contribution in [2.45, 2.75) is 12.5 Å². The lowest BCUT2D eigenvalue weighted by Gasteiger charge is -2.27. The number of hydrogen-bond donors (Lipinski definition) is 2. The number of nitrogens with one attached hydrogen (secondary N) is 2. The van der Waals surface area contributed by atoms with Crippen LogP contribution in [0.5, 0.6) is 0 Å². The van der Waals surface area contributed by atoms with E-state index < -0.39 is 0 Å². The third kappa shape index (κ3) is 3.56. The fourth-order valence-corrected chi connectivity index (χ4v) is 1.66. The first-order chi connectivity index (χ1) is 9.22. The van der Waals surface area contributed by atoms with Gasteiger partial charge in [-0.2, -0.15) is 5.26 Å². The van der Waals surface area contributed by atoms with E-state index >= 15 is 0 Å². The summed E-state index contributed by atoms with van der Waals surface area (Å²) in [5.41, 5.74) is 0.782. The number of pyridine rings is 1. The Morgan fingerprint density at radius 3 is 3.00 bits per heavy atom. The first-order valence-electron chi connectivity index (χ1n) is 5.85. The highest BCUT2D eigenvalue weighted by molar-refractivity contribution is 6.29. The van der Waals surface area contributed by atoms with E-state index in [4.69, 9.17) is 21.6 Å². The molecule has 1 amide bonds. The molecule has 2 heterocycles. The zero-order valence-electron chi connectivity index (χ0n) is 10.1. The van der Waals surface area contributed by atoms with Crippen LogP contribution < -0.4 is 10.6 Å². The van der Waals surface area contributed by atoms with E-state index in [1.54, 1.807) is 6.07 Å². The Bertz CT molecular complexity index is 511. The number of carbonyl (C=O) groups excluding carboxylic acids is 1. The molecular weight excluding hydrogens is 268 g/mol. The second-order valence-electron chi connectivity index (χ2n) is 4.05. The number of nitrogens with zero attached hydrogens (tertiary/aromatic N) is 2. The number of aromatic nitrogens is 1. The zero-order valence-corrected chi connectivity index (χ0v) is 10.9. The number of alkyl halides is 1. The number of anilines is 2. The van der Waals surface area contributed by atoms with Crippen LogP contribution in [-0.2, 0) is 9.53 Å². The van der Waals surface area contributed by atoms with Gasteiger partial charge in [0, 0.05) is 13.2 Å². The van der Waals surface area contributed by atoms with Crippen molar-refractivity contribution in [3.63, 3.8) is 0 Å². The van der Waals surface area contributed by atoms with Gasteiger partial charge in [0.2, 0.25) is 5.91 Å². The van der Waals surface area contributed by atoms with Crippen molar-refractivity contribution < 1.29 is 9.53 Å². The van der Waals surface area contributed by atoms with Gasteiger partial charge in [-0.05, 0) is 18.6 Å². The Morgan fingerprint density at radius 1 is 1.63 bits per heavy atom. The van der Waals surface area contributed by atoms with Crippen LogP contribution >= 0.6 is 11.6 Å². The summed E-state index contributed by atoms with van der Waals surface area (Å²) in [6.07, 6.45) is 1.15. The van der Waals surface area contributed by atoms with Crippen molar-refractivity contribution in [2.75, 3.05) is 29.7 Å². The minimum absolute atomic E-state index is 0.134. The second kappa shape index (κ2) is 6.36. The lowest BCUT2D eigenvalue weighted by Crippen LogP contribution is -2.34. The predicted octanol–water partition coefficient (Wildman–Crippen LogP) is 1.33. The van der Waals surface area contributed by atoms with E-state index in [0.717, 1.165) is 13.0 Å². The average Bonchev–Trinajstić information content (AvgIpc) is 2.38. The van der Waals surface area contributed by atoms with E-state index in [2.05, 4.69) is 15.6 Å². The third-order valence-electron chi connectivity index (χ3n) is 2.70. The molecule has 0 radical (unpaired) electrons. The molecule has 0 aromatic carbocycles. The van der Waals surface area contributed by atoms with Crippen LogP contribution in [0.2, 0.25) is 0 Å². The molecule has 0 unspecified atom stereocenters. The number of carbonyl (C=O) groups is 1. The summed E-state index contributed by atoms with van der Waals surface area (Å²) < 4.78 is 5.29. The number of rotatable bonds is 5. The maximum atomic E-state index is 11.3. The van der Waals surface area contributed by atoms with Gasteiger partial charge in [0.05, 0.1) is 11.8 Å². The molecule has 0 saturated carbocycles. The number of halogens is 1. The van der Waals surface area contributed by atoms with Crippen LogP contribution in [0.4, 0.5) is 11.5 Å². The van der Waals surface area contributed by atoms with Gasteiger partial charge in [0.1, 0.15) is 17.6 Å². The first-order valence-corrected chi connectivity index (χ1v) is 6.39. The van der Waals surface area contributed by atoms with E-state index in [1.165, 1.54) is 6.07 Å². The van der Waals surface area contributed by atoms with Gasteiger partial charge in [0.25, 0.3) is 0 Å². The monoisotopic (exact) mass is 280 g/mol. The minimum atomic E-state index is -0.323. The summed E-state index contributed by atoms with van der Waals surface area (Å²) in [6.45, 7) is 1.36. The van der Waals surface area contributed by atoms with Gasteiger partial charge >= 0.3 is 0 Å². The lowest BCUT2D eigenvalue weighted by molar-refractivity contribution is -0.113. The summed E-state index contributed by atoms with van der Waals surface area (Å²) in [5.74, 6) is -0.00492. The van der Waals surface area contributed by atoms with Gasteiger partial charge in [-0.25, -0.2) is 4.98 Å². The molecule has 100 valence electrons. The Balaban J connectivity index is 2.10. The Labute approximate surface area is 115 Å². The van der Waals surface area contributed by atoms with Crippen LogP contribution in [0.25, 0.3) is 0 Å². The topological polar surface area (TPSA) is 87.0 Å². The standard InChI is InChI=1S/C12H13ClN4O2/c13-5-11(18)17-10-2-1-8(6-14)16-12(10)15-7-9-3-4-19-9/h1-2,9H,3-5,7H2,(H,15,16)(H,17,18)/t9-/m0/s1. The molecule has 2 rings (SSSR count). The fraction of sp³-hybridized carbons (Fsp3) is 0.417. The molecule has 1 aliphatic rings. The highest BCUT2D eigenvalue weighted by Crippen LogP contribution is 2.21. The van der Waals surface area contributed by atoms with Crippen molar-refractivity contribution in [1.29, 1.82) is 5.26 Å². The summed E-state index contributed by atoms with van der Waals surface area (Å²) in [5, 5.41) is 14.5. The molecule has 0 bridgehead atoms. The summed E-state index contributed by atoms with van der Waals surface area (Å²) in [6, 6.07) is 5.12. The number of ether oxygens (including phenoxy) is 1. The molecule has 7 heteroatoms. The summed E-state index contributed by atoms with van der Waals surface area (Å²) in [7, 11) is 0. The molecule has 6 nitrogen and oxygen atoms in total. The van der Waals surface area contributed by atoms with Crippen LogP contribution in [0.1, 0.15) is 12.1 Å². The minimum Gasteiger partial charge on any atom is -0.376 e. The highest BCUT2D eigenvalue weighted by Gasteiger charge is 2.18. The number of nitriles is 1. The van der Waals surface area contributed by atoms with Crippen molar-refractivity contribution in [2.24, 2.45) is 0 Å². The van der Waals surface area contributed by atoms with E-state index in [9.17, 15) is 4.79 Å². The normalized spacial score (nSPS) is 17.2. The molecular formula is C12H13ClN4O2. The van der Waals surface area contributed by atoms with Gasteiger partial charge in [-0.15, -0.1) is 11.6 Å². The van der Waals surface area contributed by atoms with Gasteiger partial charge < -0.3 is 15.4 Å². The van der Waals surface area contributed by atoms with Gasteiger partial charge in [-0.1, -0.05) is 0 Å². The van der Waals surface area contributed by atoms with Crippen LogP contribution in [0.3, 0.4) is 0 Å². The molecule has 1 aromatic rings. The molecule has 0 aliphatic carbocycles. The quantitative estimate of drug-likeness (QED) is 0.795. The maximum Gasteiger partial charge on any atom is 0.239 e. The molecule has 1 atom stereocenters. The fourth-order valence-electron chi connectivity index (χ4n) is 1.60. The molecule has 1 fully saturated rings. The Hall–Kier alpha value is -1.84. The van der Waals surface area contributed by atoms with Crippen LogP contribution in [0, 0.1) is 11.3 Å². The maximum absolute atomic E-state index is 11.3. The van der Waals surface area contributed by atoms with E-state index in [0.29, 0.717) is 18.1 Å². The molecule has 19 heavy (non-hydrogen) atoms. The summed E-state index contributed by atoms with van der Waals surface area (Å²) >= 11 is 5.45. The van der Waals surface area contributed by atoms with Crippen molar-refractivity contribution in [3.05, 3.63) is 17.8 Å². The largest absolute Gasteiger partial charge is 0.376 e. The van der Waals surface area contributed by atoms with Crippen LogP contribution in [-0.4, -0.2) is 36.0 Å². The highest BCUT2D eigenvalue weighted by atomic mass is 35.5. The van der Waals surface area contributed by atoms with E-state index in [1.807, 2.05) is 6.07 Å². The van der Waals surface area contributed by atoms with Crippen molar-refractivity contribution in [3.8, 4) is 6.07 Å². The molecule has 0 spiro atoms. The SMILES string of the molecule is N#Cc1ccc(NC(=O)CCl)c(NC[C@@H]2CCO2)n1. The van der Waals surface area contributed by atoms with Crippen molar-refractivity contribution in [1.82, 2.24) is 4.98 Å². The van der Waals surface area contributed by atoms with Gasteiger partial charge in [-0.3, -0.25) is 4.79 Å². The number of hydrogen-bond acceptors (Lipinski definition) is 5. The van der Waals surface area contributed by atoms with E-state index in [-0.39, 0.29) is 23.6 Å². The lowest BCUT2D eigenvalue weighted by atomic mass is 10.2. The number of amides is 1. The average molecular weight is 281 g/mol. The second-order valence-corrected chi connectivity index (χ2v) is 4.32. The summed E-state index contributed by atoms with van der Waals surface area (Å²) in [4.78, 5) is 15.4. The van der Waals surface area contributed by atoms with Crippen LogP contribution in [0.15, 0.2) is 12.1 Å². The smallest absolute Gasteiger partial charge is 0.239 e. The van der Waals surface area contributed by atoms with Crippen molar-refractivity contribution >= 4 is 29.0 Å².